The Kier molecular flexibility index (Phi) is 5.96. The summed E-state index contributed by atoms with van der Waals surface area (Å²) in [5, 5.41) is 13.0. The number of aliphatic hydroxyl groups is 1. The van der Waals surface area contributed by atoms with Crippen LogP contribution in [0.4, 0.5) is 4.39 Å². The summed E-state index contributed by atoms with van der Waals surface area (Å²) in [5.41, 5.74) is 0.783. The highest BCUT2D eigenvalue weighted by Gasteiger charge is 2.14. The minimum atomic E-state index is -1.11. The summed E-state index contributed by atoms with van der Waals surface area (Å²) in [4.78, 5) is 12.0. The quantitative estimate of drug-likeness (QED) is 0.852. The molecule has 0 saturated heterocycles. The Labute approximate surface area is 138 Å². The topological polar surface area (TPSA) is 58.6 Å². The van der Waals surface area contributed by atoms with Gasteiger partial charge in [0, 0.05) is 22.7 Å². The first-order chi connectivity index (χ1) is 11.0. The van der Waals surface area contributed by atoms with Gasteiger partial charge in [0.05, 0.1) is 19.6 Å². The van der Waals surface area contributed by atoms with Gasteiger partial charge in [0.25, 0.3) is 0 Å². The molecule has 0 spiro atoms. The molecule has 0 bridgehead atoms. The second-order valence-corrected chi connectivity index (χ2v) is 5.41. The van der Waals surface area contributed by atoms with Crippen LogP contribution >= 0.6 is 11.6 Å². The van der Waals surface area contributed by atoms with Crippen molar-refractivity contribution in [2.75, 3.05) is 13.7 Å². The number of aliphatic hydroxyl groups excluding tert-OH is 1. The fourth-order valence-corrected chi connectivity index (χ4v) is 2.38. The van der Waals surface area contributed by atoms with E-state index in [0.717, 1.165) is 0 Å². The predicted molar refractivity (Wildman–Crippen MR) is 86.1 cm³/mol. The van der Waals surface area contributed by atoms with Gasteiger partial charge in [-0.2, -0.15) is 0 Å². The first-order valence-corrected chi connectivity index (χ1v) is 7.40. The van der Waals surface area contributed by atoms with Gasteiger partial charge in [-0.3, -0.25) is 4.79 Å². The number of halogens is 2. The molecular weight excluding hydrogens is 321 g/mol. The SMILES string of the molecule is COc1ccc(Cl)cc1CC(=O)NCC(O)c1ccccc1F. The maximum Gasteiger partial charge on any atom is 0.224 e. The highest BCUT2D eigenvalue weighted by atomic mass is 35.5. The molecular formula is C17H17ClFNO3. The van der Waals surface area contributed by atoms with E-state index in [0.29, 0.717) is 16.3 Å². The molecule has 2 aromatic rings. The van der Waals surface area contributed by atoms with Gasteiger partial charge in [-0.1, -0.05) is 29.8 Å². The lowest BCUT2D eigenvalue weighted by Crippen LogP contribution is -2.30. The third-order valence-corrected chi connectivity index (χ3v) is 3.59. The maximum absolute atomic E-state index is 13.6. The molecule has 0 aliphatic heterocycles. The Hall–Kier alpha value is -2.11. The van der Waals surface area contributed by atoms with Gasteiger partial charge in [0.1, 0.15) is 11.6 Å². The number of hydrogen-bond donors (Lipinski definition) is 2. The minimum absolute atomic E-state index is 0.0493. The van der Waals surface area contributed by atoms with Crippen molar-refractivity contribution in [3.8, 4) is 5.75 Å². The van der Waals surface area contributed by atoms with Gasteiger partial charge in [-0.25, -0.2) is 4.39 Å². The van der Waals surface area contributed by atoms with Crippen molar-refractivity contribution in [3.05, 3.63) is 64.4 Å². The van der Waals surface area contributed by atoms with Crippen LogP contribution in [0.5, 0.6) is 5.75 Å². The van der Waals surface area contributed by atoms with E-state index in [2.05, 4.69) is 5.32 Å². The molecule has 0 aliphatic rings. The molecule has 1 atom stereocenters. The Morgan fingerprint density at radius 2 is 2.09 bits per heavy atom. The van der Waals surface area contributed by atoms with Gasteiger partial charge in [-0.05, 0) is 24.3 Å². The summed E-state index contributed by atoms with van der Waals surface area (Å²) in [6.45, 7) is -0.0807. The van der Waals surface area contributed by atoms with Crippen LogP contribution in [0.15, 0.2) is 42.5 Å². The van der Waals surface area contributed by atoms with Crippen molar-refractivity contribution >= 4 is 17.5 Å². The molecule has 4 nitrogen and oxygen atoms in total. The molecule has 0 radical (unpaired) electrons. The normalized spacial score (nSPS) is 11.8. The molecule has 0 fully saturated rings. The van der Waals surface area contributed by atoms with E-state index in [9.17, 15) is 14.3 Å². The third-order valence-electron chi connectivity index (χ3n) is 3.35. The zero-order valence-electron chi connectivity index (χ0n) is 12.6. The van der Waals surface area contributed by atoms with E-state index in [1.807, 2.05) is 0 Å². The van der Waals surface area contributed by atoms with Crippen LogP contribution in [0, 0.1) is 5.82 Å². The highest BCUT2D eigenvalue weighted by Crippen LogP contribution is 2.23. The number of rotatable bonds is 6. The molecule has 2 aromatic carbocycles. The monoisotopic (exact) mass is 337 g/mol. The predicted octanol–water partition coefficient (Wildman–Crippen LogP) is 2.88. The maximum atomic E-state index is 13.6. The Morgan fingerprint density at radius 3 is 2.78 bits per heavy atom. The zero-order valence-corrected chi connectivity index (χ0v) is 13.3. The van der Waals surface area contributed by atoms with E-state index in [1.165, 1.54) is 25.3 Å². The van der Waals surface area contributed by atoms with Crippen LogP contribution in [-0.2, 0) is 11.2 Å². The van der Waals surface area contributed by atoms with Crippen molar-refractivity contribution in [1.82, 2.24) is 5.32 Å². The molecule has 0 aromatic heterocycles. The van der Waals surface area contributed by atoms with Gasteiger partial charge in [-0.15, -0.1) is 0 Å². The Morgan fingerprint density at radius 1 is 1.35 bits per heavy atom. The largest absolute Gasteiger partial charge is 0.496 e. The number of carbonyl (C=O) groups is 1. The van der Waals surface area contributed by atoms with Crippen molar-refractivity contribution in [2.24, 2.45) is 0 Å². The zero-order chi connectivity index (χ0) is 16.8. The van der Waals surface area contributed by atoms with Crippen LogP contribution in [0.3, 0.4) is 0 Å². The molecule has 0 aliphatic carbocycles. The summed E-state index contributed by atoms with van der Waals surface area (Å²) in [6, 6.07) is 10.9. The number of nitrogens with one attached hydrogen (secondary N) is 1. The van der Waals surface area contributed by atoms with Gasteiger partial charge < -0.3 is 15.2 Å². The van der Waals surface area contributed by atoms with Gasteiger partial charge in [0.2, 0.25) is 5.91 Å². The van der Waals surface area contributed by atoms with E-state index in [4.69, 9.17) is 16.3 Å². The van der Waals surface area contributed by atoms with Gasteiger partial charge in [0.15, 0.2) is 0 Å². The lowest BCUT2D eigenvalue weighted by molar-refractivity contribution is -0.120. The molecule has 2 rings (SSSR count). The highest BCUT2D eigenvalue weighted by molar-refractivity contribution is 6.30. The van der Waals surface area contributed by atoms with Crippen LogP contribution in [0.1, 0.15) is 17.2 Å². The fourth-order valence-electron chi connectivity index (χ4n) is 2.19. The summed E-state index contributed by atoms with van der Waals surface area (Å²) < 4.78 is 18.7. The fraction of sp³-hybridized carbons (Fsp3) is 0.235. The average molecular weight is 338 g/mol. The first kappa shape index (κ1) is 17.2. The molecule has 1 unspecified atom stereocenters. The second kappa shape index (κ2) is 7.94. The van der Waals surface area contributed by atoms with Crippen molar-refractivity contribution in [3.63, 3.8) is 0 Å². The van der Waals surface area contributed by atoms with E-state index < -0.39 is 11.9 Å². The molecule has 23 heavy (non-hydrogen) atoms. The van der Waals surface area contributed by atoms with Crippen molar-refractivity contribution in [1.29, 1.82) is 0 Å². The third kappa shape index (κ3) is 4.68. The number of ether oxygens (including phenoxy) is 1. The minimum Gasteiger partial charge on any atom is -0.496 e. The number of carbonyl (C=O) groups excluding carboxylic acids is 1. The Balaban J connectivity index is 1.95. The van der Waals surface area contributed by atoms with Gasteiger partial charge >= 0.3 is 0 Å². The van der Waals surface area contributed by atoms with Crippen LogP contribution in [0.25, 0.3) is 0 Å². The molecule has 0 saturated carbocycles. The standard InChI is InChI=1S/C17H17ClFNO3/c1-23-16-7-6-12(18)8-11(16)9-17(22)20-10-15(21)13-4-2-3-5-14(13)19/h2-8,15,21H,9-10H2,1H3,(H,20,22). The number of benzene rings is 2. The molecule has 122 valence electrons. The van der Waals surface area contributed by atoms with E-state index in [-0.39, 0.29) is 24.4 Å². The van der Waals surface area contributed by atoms with Crippen molar-refractivity contribution in [2.45, 2.75) is 12.5 Å². The lowest BCUT2D eigenvalue weighted by atomic mass is 10.1. The number of methoxy groups -OCH3 is 1. The van der Waals surface area contributed by atoms with Crippen LogP contribution in [-0.4, -0.2) is 24.7 Å². The van der Waals surface area contributed by atoms with E-state index in [1.54, 1.807) is 24.3 Å². The first-order valence-electron chi connectivity index (χ1n) is 7.03. The summed E-state index contributed by atoms with van der Waals surface area (Å²) >= 11 is 5.91. The molecule has 6 heteroatoms. The molecule has 0 heterocycles. The van der Waals surface area contributed by atoms with Crippen LogP contribution < -0.4 is 10.1 Å². The second-order valence-electron chi connectivity index (χ2n) is 4.97. The number of amides is 1. The summed E-state index contributed by atoms with van der Waals surface area (Å²) in [6.07, 6.45) is -1.06. The summed E-state index contributed by atoms with van der Waals surface area (Å²) in [7, 11) is 1.51. The average Bonchev–Trinajstić information content (AvgIpc) is 2.53. The lowest BCUT2D eigenvalue weighted by Gasteiger charge is -2.14. The Bertz CT molecular complexity index is 693. The molecule has 1 amide bonds. The summed E-state index contributed by atoms with van der Waals surface area (Å²) in [5.74, 6) is -0.272. The van der Waals surface area contributed by atoms with E-state index >= 15 is 0 Å². The van der Waals surface area contributed by atoms with Crippen LogP contribution in [0.2, 0.25) is 5.02 Å². The number of hydrogen-bond acceptors (Lipinski definition) is 3. The molecule has 2 N–H and O–H groups in total. The smallest absolute Gasteiger partial charge is 0.224 e. The van der Waals surface area contributed by atoms with Crippen molar-refractivity contribution < 1.29 is 19.0 Å².